The van der Waals surface area contributed by atoms with E-state index in [4.69, 9.17) is 0 Å². The van der Waals surface area contributed by atoms with Gasteiger partial charge in [-0.2, -0.15) is 0 Å². The first kappa shape index (κ1) is 40.9. The average molecular weight is 865 g/mol. The maximum absolute atomic E-state index is 4.16. The van der Waals surface area contributed by atoms with Crippen LogP contribution in [-0.4, -0.2) is 5.37 Å². The topological polar surface area (TPSA) is 6.48 Å². The van der Waals surface area contributed by atoms with Crippen molar-refractivity contribution in [2.75, 3.05) is 9.80 Å². The summed E-state index contributed by atoms with van der Waals surface area (Å²) in [5.41, 5.74) is 16.0. The highest BCUT2D eigenvalue weighted by Crippen LogP contribution is 2.58. The number of benzene rings is 10. The standard InChI is InChI=1S/C63H48N2S/c1-3-46-23-20-22-36-61(46)66-45(2)64(52-29-13-6-14-30-52)55-41-49(42-56(44-55)65(53-31-15-7-16-32-53)54-33-17-8-18-34-54)48-38-39-59-58(43-48)62-57-35-21-19-24-47(57)37-40-60(62)63(59,50-25-9-4-10-26-50)51-27-11-5-12-28-51/h3-45H,1H2,2H3. The molecule has 0 heterocycles. The van der Waals surface area contributed by atoms with Crippen molar-refractivity contribution in [3.8, 4) is 22.3 Å². The Morgan fingerprint density at radius 2 is 0.985 bits per heavy atom. The van der Waals surface area contributed by atoms with Gasteiger partial charge < -0.3 is 9.80 Å². The Morgan fingerprint density at radius 1 is 0.455 bits per heavy atom. The molecule has 0 aromatic heterocycles. The zero-order valence-corrected chi connectivity index (χ0v) is 37.7. The molecule has 1 unspecified atom stereocenters. The van der Waals surface area contributed by atoms with Crippen molar-refractivity contribution in [3.05, 3.63) is 283 Å². The third-order valence-corrected chi connectivity index (χ3v) is 14.3. The minimum atomic E-state index is -0.515. The Bertz CT molecular complexity index is 3240. The van der Waals surface area contributed by atoms with Gasteiger partial charge in [0.15, 0.2) is 0 Å². The second kappa shape index (κ2) is 17.6. The molecule has 10 aromatic carbocycles. The van der Waals surface area contributed by atoms with Crippen molar-refractivity contribution < 1.29 is 0 Å². The molecule has 2 nitrogen and oxygen atoms in total. The number of anilines is 5. The molecule has 0 fully saturated rings. The lowest BCUT2D eigenvalue weighted by atomic mass is 9.67. The fourth-order valence-electron chi connectivity index (χ4n) is 10.2. The van der Waals surface area contributed by atoms with Crippen molar-refractivity contribution in [1.82, 2.24) is 0 Å². The number of para-hydroxylation sites is 3. The predicted molar refractivity (Wildman–Crippen MR) is 282 cm³/mol. The Labute approximate surface area is 392 Å². The third kappa shape index (κ3) is 7.19. The molecule has 0 aliphatic heterocycles. The fourth-order valence-corrected chi connectivity index (χ4v) is 11.4. The third-order valence-electron chi connectivity index (χ3n) is 13.1. The highest BCUT2D eigenvalue weighted by Gasteiger charge is 2.46. The van der Waals surface area contributed by atoms with E-state index in [0.717, 1.165) is 45.1 Å². The van der Waals surface area contributed by atoms with Crippen LogP contribution < -0.4 is 9.80 Å². The van der Waals surface area contributed by atoms with E-state index in [1.165, 1.54) is 49.0 Å². The molecule has 0 N–H and O–H groups in total. The van der Waals surface area contributed by atoms with Crippen LogP contribution >= 0.6 is 11.8 Å². The highest BCUT2D eigenvalue weighted by molar-refractivity contribution is 8.00. The van der Waals surface area contributed by atoms with Crippen LogP contribution in [0.5, 0.6) is 0 Å². The number of hydrogen-bond acceptors (Lipinski definition) is 3. The summed E-state index contributed by atoms with van der Waals surface area (Å²) in [6.07, 6.45) is 1.96. The highest BCUT2D eigenvalue weighted by atomic mass is 32.2. The van der Waals surface area contributed by atoms with E-state index in [-0.39, 0.29) is 5.37 Å². The second-order valence-corrected chi connectivity index (χ2v) is 18.2. The van der Waals surface area contributed by atoms with Gasteiger partial charge in [-0.25, -0.2) is 0 Å². The van der Waals surface area contributed by atoms with Crippen LogP contribution in [0.4, 0.5) is 28.4 Å². The number of hydrogen-bond donors (Lipinski definition) is 0. The molecule has 0 spiro atoms. The van der Waals surface area contributed by atoms with Gasteiger partial charge in [0, 0.05) is 33.3 Å². The summed E-state index contributed by atoms with van der Waals surface area (Å²) >= 11 is 1.85. The molecule has 1 aliphatic carbocycles. The summed E-state index contributed by atoms with van der Waals surface area (Å²) in [4.78, 5) is 6.06. The zero-order valence-electron chi connectivity index (χ0n) is 36.8. The molecule has 10 aromatic rings. The predicted octanol–water partition coefficient (Wildman–Crippen LogP) is 17.3. The van der Waals surface area contributed by atoms with Crippen LogP contribution in [0.15, 0.2) is 260 Å². The smallest absolute Gasteiger partial charge is 0.0817 e. The van der Waals surface area contributed by atoms with Gasteiger partial charge in [0.25, 0.3) is 0 Å². The van der Waals surface area contributed by atoms with Gasteiger partial charge in [-0.3, -0.25) is 0 Å². The van der Waals surface area contributed by atoms with Crippen molar-refractivity contribution in [1.29, 1.82) is 0 Å². The number of fused-ring (bicyclic) bond motifs is 5. The minimum Gasteiger partial charge on any atom is -0.329 e. The molecule has 0 radical (unpaired) electrons. The average Bonchev–Trinajstić information content (AvgIpc) is 3.69. The molecule has 316 valence electrons. The molecule has 1 aliphatic rings. The molecule has 0 bridgehead atoms. The quantitative estimate of drug-likeness (QED) is 0.0892. The SMILES string of the molecule is C=Cc1ccccc1SC(C)N(c1ccccc1)c1cc(-c2ccc3c(c2)-c2c(ccc4ccccc24)C3(c2ccccc2)c2ccccc2)cc(N(c2ccccc2)c2ccccc2)c1. The number of rotatable bonds is 12. The van der Waals surface area contributed by atoms with Crippen LogP contribution in [0, 0.1) is 0 Å². The largest absolute Gasteiger partial charge is 0.329 e. The van der Waals surface area contributed by atoms with Crippen molar-refractivity contribution in [2.24, 2.45) is 0 Å². The number of thioether (sulfide) groups is 1. The first-order chi connectivity index (χ1) is 32.6. The van der Waals surface area contributed by atoms with Gasteiger partial charge in [0.1, 0.15) is 0 Å². The van der Waals surface area contributed by atoms with E-state index < -0.39 is 5.41 Å². The maximum atomic E-state index is 4.16. The Hall–Kier alpha value is -7.85. The van der Waals surface area contributed by atoms with E-state index >= 15 is 0 Å². The molecule has 1 atom stereocenters. The van der Waals surface area contributed by atoms with Crippen molar-refractivity contribution >= 4 is 57.0 Å². The van der Waals surface area contributed by atoms with Crippen molar-refractivity contribution in [2.45, 2.75) is 22.6 Å². The maximum Gasteiger partial charge on any atom is 0.0817 e. The van der Waals surface area contributed by atoms with E-state index in [9.17, 15) is 0 Å². The van der Waals surface area contributed by atoms with Gasteiger partial charge in [0.2, 0.25) is 0 Å². The van der Waals surface area contributed by atoms with Gasteiger partial charge in [-0.1, -0.05) is 195 Å². The molecule has 0 saturated carbocycles. The lowest BCUT2D eigenvalue weighted by molar-refractivity contribution is 0.769. The van der Waals surface area contributed by atoms with Gasteiger partial charge in [0.05, 0.1) is 10.8 Å². The number of nitrogens with zero attached hydrogens (tertiary/aromatic N) is 2. The lowest BCUT2D eigenvalue weighted by Gasteiger charge is -2.34. The van der Waals surface area contributed by atoms with Crippen molar-refractivity contribution in [3.63, 3.8) is 0 Å². The van der Waals surface area contributed by atoms with E-state index in [0.29, 0.717) is 0 Å². The molecule has 0 saturated heterocycles. The van der Waals surface area contributed by atoms with E-state index in [1.807, 2.05) is 17.8 Å². The van der Waals surface area contributed by atoms with E-state index in [2.05, 4.69) is 272 Å². The monoisotopic (exact) mass is 864 g/mol. The summed E-state index contributed by atoms with van der Waals surface area (Å²) in [7, 11) is 0. The van der Waals surface area contributed by atoms with Gasteiger partial charge in [-0.05, 0) is 134 Å². The van der Waals surface area contributed by atoms with Crippen LogP contribution in [0.1, 0.15) is 34.7 Å². The first-order valence-corrected chi connectivity index (χ1v) is 23.6. The summed E-state index contributed by atoms with van der Waals surface area (Å²) in [5.74, 6) is 0. The summed E-state index contributed by atoms with van der Waals surface area (Å²) < 4.78 is 0. The normalized spacial score (nSPS) is 12.8. The fraction of sp³-hybridized carbons (Fsp3) is 0.0476. The van der Waals surface area contributed by atoms with Crippen LogP contribution in [0.25, 0.3) is 39.1 Å². The lowest BCUT2D eigenvalue weighted by Crippen LogP contribution is -2.28. The van der Waals surface area contributed by atoms with Crippen LogP contribution in [-0.2, 0) is 5.41 Å². The molecular weight excluding hydrogens is 817 g/mol. The molecule has 66 heavy (non-hydrogen) atoms. The summed E-state index contributed by atoms with van der Waals surface area (Å²) in [6, 6.07) is 90.9. The molecular formula is C63H48N2S. The molecule has 3 heteroatoms. The van der Waals surface area contributed by atoms with Crippen LogP contribution in [0.2, 0.25) is 0 Å². The second-order valence-electron chi connectivity index (χ2n) is 16.9. The van der Waals surface area contributed by atoms with Gasteiger partial charge >= 0.3 is 0 Å². The minimum absolute atomic E-state index is 0.00845. The molecule has 0 amide bonds. The first-order valence-electron chi connectivity index (χ1n) is 22.7. The van der Waals surface area contributed by atoms with Gasteiger partial charge in [-0.15, -0.1) is 11.8 Å². The zero-order chi connectivity index (χ0) is 44.5. The van der Waals surface area contributed by atoms with Crippen LogP contribution in [0.3, 0.4) is 0 Å². The Morgan fingerprint density at radius 3 is 1.62 bits per heavy atom. The Kier molecular flexibility index (Phi) is 10.9. The Balaban J connectivity index is 1.18. The molecule has 11 rings (SSSR count). The summed E-state index contributed by atoms with van der Waals surface area (Å²) in [6.45, 7) is 6.47. The van der Waals surface area contributed by atoms with E-state index in [1.54, 1.807) is 0 Å². The summed E-state index contributed by atoms with van der Waals surface area (Å²) in [5, 5.41) is 2.50.